The molecular formula is C22H37N5O2. The van der Waals surface area contributed by atoms with Gasteiger partial charge in [-0.25, -0.2) is 0 Å². The normalized spacial score (nSPS) is 20.0. The van der Waals surface area contributed by atoms with E-state index in [0.29, 0.717) is 0 Å². The highest BCUT2D eigenvalue weighted by Gasteiger charge is 2.35. The second kappa shape index (κ2) is 10.7. The van der Waals surface area contributed by atoms with Crippen LogP contribution in [0.5, 0.6) is 0 Å². The Morgan fingerprint density at radius 2 is 2.03 bits per heavy atom. The summed E-state index contributed by atoms with van der Waals surface area (Å²) in [6.07, 6.45) is 4.74. The third kappa shape index (κ3) is 7.40. The molecule has 1 aliphatic rings. The molecule has 1 aromatic heterocycles. The van der Waals surface area contributed by atoms with Gasteiger partial charge >= 0.3 is 0 Å². The van der Waals surface area contributed by atoms with Crippen molar-refractivity contribution in [2.75, 3.05) is 26.7 Å². The second-order valence-corrected chi connectivity index (χ2v) is 9.04. The number of nitrogens with one attached hydrogen (secondary N) is 3. The van der Waals surface area contributed by atoms with Crippen LogP contribution in [0.4, 0.5) is 0 Å². The van der Waals surface area contributed by atoms with E-state index in [0.717, 1.165) is 44.6 Å². The van der Waals surface area contributed by atoms with Crippen LogP contribution in [0, 0.1) is 5.41 Å². The Hall–Kier alpha value is -1.99. The van der Waals surface area contributed by atoms with Crippen molar-refractivity contribution in [1.82, 2.24) is 25.8 Å². The number of aromatic nitrogens is 1. The number of piperidine rings is 1. The van der Waals surface area contributed by atoms with E-state index >= 15 is 0 Å². The lowest BCUT2D eigenvalue weighted by molar-refractivity contribution is -0.133. The SMILES string of the molecule is CN[C@@H](C)C(=O)N[C@H](C(=O)N[C@H]1CCCN(CCc2ccccn2)C1)C(C)(C)C. The van der Waals surface area contributed by atoms with Gasteiger partial charge in [0.05, 0.1) is 6.04 Å². The molecule has 7 nitrogen and oxygen atoms in total. The Balaban J connectivity index is 1.91. The van der Waals surface area contributed by atoms with Crippen LogP contribution in [-0.2, 0) is 16.0 Å². The molecule has 3 N–H and O–H groups in total. The predicted octanol–water partition coefficient (Wildman–Crippen LogP) is 1.34. The van der Waals surface area contributed by atoms with Crippen molar-refractivity contribution in [1.29, 1.82) is 0 Å². The van der Waals surface area contributed by atoms with Crippen molar-refractivity contribution >= 4 is 11.8 Å². The van der Waals surface area contributed by atoms with E-state index in [1.807, 2.05) is 45.2 Å². The van der Waals surface area contributed by atoms with E-state index in [-0.39, 0.29) is 29.3 Å². The maximum absolute atomic E-state index is 13.0. The van der Waals surface area contributed by atoms with Crippen LogP contribution < -0.4 is 16.0 Å². The van der Waals surface area contributed by atoms with E-state index in [9.17, 15) is 9.59 Å². The zero-order chi connectivity index (χ0) is 21.4. The Morgan fingerprint density at radius 3 is 2.66 bits per heavy atom. The smallest absolute Gasteiger partial charge is 0.243 e. The topological polar surface area (TPSA) is 86.4 Å². The van der Waals surface area contributed by atoms with Crippen LogP contribution in [0.3, 0.4) is 0 Å². The van der Waals surface area contributed by atoms with Crippen molar-refractivity contribution in [3.05, 3.63) is 30.1 Å². The molecule has 0 saturated carbocycles. The summed E-state index contributed by atoms with van der Waals surface area (Å²) in [4.78, 5) is 32.1. The third-order valence-electron chi connectivity index (χ3n) is 5.50. The van der Waals surface area contributed by atoms with Gasteiger partial charge in [0.2, 0.25) is 11.8 Å². The molecule has 162 valence electrons. The van der Waals surface area contributed by atoms with Crippen molar-refractivity contribution in [2.24, 2.45) is 5.41 Å². The first-order valence-corrected chi connectivity index (χ1v) is 10.6. The van der Waals surface area contributed by atoms with Crippen molar-refractivity contribution < 1.29 is 9.59 Å². The van der Waals surface area contributed by atoms with Crippen molar-refractivity contribution in [3.8, 4) is 0 Å². The molecule has 0 spiro atoms. The molecule has 3 atom stereocenters. The molecular weight excluding hydrogens is 366 g/mol. The van der Waals surface area contributed by atoms with Gasteiger partial charge in [-0.2, -0.15) is 0 Å². The van der Waals surface area contributed by atoms with Crippen LogP contribution in [0.25, 0.3) is 0 Å². The van der Waals surface area contributed by atoms with Gasteiger partial charge < -0.3 is 20.9 Å². The van der Waals surface area contributed by atoms with Crippen molar-refractivity contribution in [2.45, 2.75) is 65.1 Å². The number of nitrogens with zero attached hydrogens (tertiary/aromatic N) is 2. The van der Waals surface area contributed by atoms with Gasteiger partial charge in [0, 0.05) is 37.4 Å². The summed E-state index contributed by atoms with van der Waals surface area (Å²) in [6, 6.07) is 5.17. The molecule has 29 heavy (non-hydrogen) atoms. The number of pyridine rings is 1. The zero-order valence-electron chi connectivity index (χ0n) is 18.5. The van der Waals surface area contributed by atoms with E-state index in [2.05, 4.69) is 25.8 Å². The number of likely N-dealkylation sites (N-methyl/N-ethyl adjacent to an activating group) is 1. The van der Waals surface area contributed by atoms with Crippen LogP contribution >= 0.6 is 0 Å². The van der Waals surface area contributed by atoms with Gasteiger partial charge in [0.25, 0.3) is 0 Å². The Kier molecular flexibility index (Phi) is 8.59. The molecule has 0 aromatic carbocycles. The number of hydrogen-bond acceptors (Lipinski definition) is 5. The fourth-order valence-corrected chi connectivity index (χ4v) is 3.55. The van der Waals surface area contributed by atoms with Gasteiger partial charge in [0.1, 0.15) is 6.04 Å². The highest BCUT2D eigenvalue weighted by molar-refractivity contribution is 5.90. The number of carbonyl (C=O) groups excluding carboxylic acids is 2. The lowest BCUT2D eigenvalue weighted by Gasteiger charge is -2.36. The minimum Gasteiger partial charge on any atom is -0.350 e. The quantitative estimate of drug-likeness (QED) is 0.610. The number of likely N-dealkylation sites (tertiary alicyclic amines) is 1. The highest BCUT2D eigenvalue weighted by atomic mass is 16.2. The number of carbonyl (C=O) groups is 2. The largest absolute Gasteiger partial charge is 0.350 e. The molecule has 0 unspecified atom stereocenters. The lowest BCUT2D eigenvalue weighted by atomic mass is 9.85. The summed E-state index contributed by atoms with van der Waals surface area (Å²) in [5.74, 6) is -0.270. The average molecular weight is 404 g/mol. The summed E-state index contributed by atoms with van der Waals surface area (Å²) in [5, 5.41) is 9.02. The minimum atomic E-state index is -0.574. The van der Waals surface area contributed by atoms with Gasteiger partial charge in [-0.3, -0.25) is 14.6 Å². The number of amides is 2. The molecule has 2 rings (SSSR count). The van der Waals surface area contributed by atoms with Gasteiger partial charge in [-0.1, -0.05) is 26.8 Å². The fourth-order valence-electron chi connectivity index (χ4n) is 3.55. The van der Waals surface area contributed by atoms with Crippen LogP contribution in [-0.4, -0.2) is 66.5 Å². The average Bonchev–Trinajstić information content (AvgIpc) is 2.69. The molecule has 0 bridgehead atoms. The predicted molar refractivity (Wildman–Crippen MR) is 115 cm³/mol. The first kappa shape index (κ1) is 23.3. The summed E-state index contributed by atoms with van der Waals surface area (Å²) < 4.78 is 0. The summed E-state index contributed by atoms with van der Waals surface area (Å²) in [6.45, 7) is 10.5. The molecule has 0 aliphatic carbocycles. The first-order chi connectivity index (χ1) is 13.7. The molecule has 1 saturated heterocycles. The second-order valence-electron chi connectivity index (χ2n) is 9.04. The molecule has 0 radical (unpaired) electrons. The van der Waals surface area contributed by atoms with E-state index in [1.165, 1.54) is 0 Å². The Bertz CT molecular complexity index is 659. The van der Waals surface area contributed by atoms with Crippen LogP contribution in [0.2, 0.25) is 0 Å². The summed E-state index contributed by atoms with van der Waals surface area (Å²) in [7, 11) is 1.73. The van der Waals surface area contributed by atoms with E-state index in [4.69, 9.17) is 0 Å². The summed E-state index contributed by atoms with van der Waals surface area (Å²) in [5.41, 5.74) is 0.716. The molecule has 1 aromatic rings. The maximum Gasteiger partial charge on any atom is 0.243 e. The minimum absolute atomic E-state index is 0.100. The fraction of sp³-hybridized carbons (Fsp3) is 0.682. The van der Waals surface area contributed by atoms with Gasteiger partial charge in [-0.05, 0) is 50.9 Å². The van der Waals surface area contributed by atoms with E-state index in [1.54, 1.807) is 14.0 Å². The summed E-state index contributed by atoms with van der Waals surface area (Å²) >= 11 is 0. The zero-order valence-corrected chi connectivity index (χ0v) is 18.5. The molecule has 7 heteroatoms. The molecule has 2 heterocycles. The molecule has 1 fully saturated rings. The highest BCUT2D eigenvalue weighted by Crippen LogP contribution is 2.20. The Labute approximate surface area is 175 Å². The standard InChI is InChI=1S/C22H37N5O2/c1-16(23-5)20(28)26-19(22(2,3)4)21(29)25-18-10-8-13-27(15-18)14-11-17-9-6-7-12-24-17/h6-7,9,12,16,18-19,23H,8,10-11,13-15H2,1-5H3,(H,25,29)(H,26,28)/t16-,18-,19+/m0/s1. The lowest BCUT2D eigenvalue weighted by Crippen LogP contribution is -2.59. The monoisotopic (exact) mass is 403 g/mol. The number of hydrogen-bond donors (Lipinski definition) is 3. The third-order valence-corrected chi connectivity index (χ3v) is 5.50. The van der Waals surface area contributed by atoms with Crippen molar-refractivity contribution in [3.63, 3.8) is 0 Å². The molecule has 1 aliphatic heterocycles. The number of rotatable bonds is 8. The van der Waals surface area contributed by atoms with E-state index < -0.39 is 6.04 Å². The van der Waals surface area contributed by atoms with Crippen LogP contribution in [0.15, 0.2) is 24.4 Å². The maximum atomic E-state index is 13.0. The molecule has 2 amide bonds. The Morgan fingerprint density at radius 1 is 1.28 bits per heavy atom. The van der Waals surface area contributed by atoms with Crippen LogP contribution in [0.1, 0.15) is 46.2 Å². The first-order valence-electron chi connectivity index (χ1n) is 10.6. The van der Waals surface area contributed by atoms with Gasteiger partial charge in [0.15, 0.2) is 0 Å². The van der Waals surface area contributed by atoms with Gasteiger partial charge in [-0.15, -0.1) is 0 Å².